The Balaban J connectivity index is 4.92. The van der Waals surface area contributed by atoms with E-state index >= 15 is 0 Å². The Morgan fingerprint density at radius 3 is 1.49 bits per heavy atom. The number of aliphatic hydroxyl groups excluding tert-OH is 14. The smallest absolute Gasteiger partial charge is 0.331 e. The lowest BCUT2D eigenvalue weighted by Crippen LogP contribution is -2.50. The second kappa shape index (κ2) is 48.1. The molecule has 0 aromatic rings. The van der Waals surface area contributed by atoms with Crippen molar-refractivity contribution in [2.75, 3.05) is 13.1 Å². The van der Waals surface area contributed by atoms with Crippen molar-refractivity contribution in [2.45, 2.75) is 210 Å². The highest BCUT2D eigenvalue weighted by Gasteiger charge is 2.31. The summed E-state index contributed by atoms with van der Waals surface area (Å²) >= 11 is 0. The van der Waals surface area contributed by atoms with Gasteiger partial charge in [-0.1, -0.05) is 174 Å². The molecule has 0 radical (unpaired) electrons. The van der Waals surface area contributed by atoms with Gasteiger partial charge in [-0.25, -0.2) is 4.79 Å². The first kappa shape index (κ1) is 80.0. The molecule has 0 aliphatic heterocycles. The lowest BCUT2D eigenvalue weighted by Gasteiger charge is -2.33. The van der Waals surface area contributed by atoms with Crippen LogP contribution in [0.5, 0.6) is 0 Å². The van der Waals surface area contributed by atoms with Gasteiger partial charge in [0.1, 0.15) is 6.10 Å². The van der Waals surface area contributed by atoms with Crippen molar-refractivity contribution in [3.8, 4) is 0 Å². The third-order valence-corrected chi connectivity index (χ3v) is 13.9. The van der Waals surface area contributed by atoms with Crippen molar-refractivity contribution in [3.05, 3.63) is 145 Å². The van der Waals surface area contributed by atoms with Crippen molar-refractivity contribution < 1.29 is 81.4 Å². The molecule has 0 amide bonds. The number of carbonyl (C=O) groups is 1. The van der Waals surface area contributed by atoms with Gasteiger partial charge in [0, 0.05) is 61.6 Å². The highest BCUT2D eigenvalue weighted by atomic mass is 16.4. The van der Waals surface area contributed by atoms with E-state index < -0.39 is 109 Å². The summed E-state index contributed by atoms with van der Waals surface area (Å²) in [4.78, 5) is 14.6. The van der Waals surface area contributed by atoms with Gasteiger partial charge in [-0.05, 0) is 70.8 Å². The van der Waals surface area contributed by atoms with Crippen molar-refractivity contribution in [1.29, 1.82) is 0 Å². The minimum atomic E-state index is -1.69. The average molecular weight is 1200 g/mol. The molecule has 85 heavy (non-hydrogen) atoms. The number of allylic oxidation sites excluding steroid dienone is 16. The zero-order chi connectivity index (χ0) is 64.3. The Morgan fingerprint density at radius 2 is 0.953 bits per heavy atom. The number of carboxylic acids is 1. The van der Waals surface area contributed by atoms with Crippen molar-refractivity contribution >= 4 is 11.9 Å². The van der Waals surface area contributed by atoms with Crippen LogP contribution in [0.25, 0.3) is 0 Å². The first-order chi connectivity index (χ1) is 40.2. The quantitative estimate of drug-likeness (QED) is 0.0103. The molecule has 18 atom stereocenters. The second-order valence-electron chi connectivity index (χ2n) is 22.4. The number of hydrogen-bond acceptors (Lipinski definition) is 17. The third kappa shape index (κ3) is 41.7. The van der Waals surface area contributed by atoms with E-state index in [9.17, 15) is 76.3 Å². The summed E-state index contributed by atoms with van der Waals surface area (Å²) in [5.41, 5.74) is 10.8. The maximum atomic E-state index is 11.3. The number of nitrogens with two attached hydrogens (primary N) is 2. The molecule has 0 saturated heterocycles. The summed E-state index contributed by atoms with van der Waals surface area (Å²) in [7, 11) is 0. The minimum Gasteiger partial charge on any atom is -0.478 e. The lowest BCUT2D eigenvalue weighted by molar-refractivity contribution is -0.132. The van der Waals surface area contributed by atoms with Crippen LogP contribution in [0.3, 0.4) is 0 Å². The molecule has 20 nitrogen and oxygen atoms in total. The monoisotopic (exact) mass is 1200 g/mol. The standard InChI is InChI=1S/C65H108N4O16/c1-44(2)43-69-61(47(5)56(77)34-22-18-14-9-7-8-10-15-19-23-35-57(78)48(6)62(82)45(3)27-20-16-12-11-13-17-21-28-46(4)64(84)85)58(79)40-52(73)31-24-29-49(70)37-54(75)38-50(71)30-25-32-53(74)41-59(80)63(83)60(81)42-55(76)39-51(72)33-26-36-68-65(66)67/h7-11,13-15,17-25,27-28,30-31,34-35,44-45,47-63,69-83H,12,16,26,29,32-33,36-43H2,1-6H3,(H,84,85)(H4,66,67,68)/b9-7+,10-8+,13-11+,18-14+,19-15+,21-17+,27-20+,30-25+,31-24+,34-22-,35-23+,46-28+. The molecule has 0 bridgehead atoms. The van der Waals surface area contributed by atoms with Gasteiger partial charge in [-0.15, -0.1) is 0 Å². The number of aliphatic carboxylic acids is 1. The van der Waals surface area contributed by atoms with Crippen LogP contribution in [-0.4, -0.2) is 193 Å². The Bertz CT molecular complexity index is 2170. The maximum Gasteiger partial charge on any atom is 0.331 e. The number of nitrogens with zero attached hydrogens (tertiary/aromatic N) is 1. The summed E-state index contributed by atoms with van der Waals surface area (Å²) in [5.74, 6) is -1.80. The first-order valence-electron chi connectivity index (χ1n) is 29.7. The highest BCUT2D eigenvalue weighted by Crippen LogP contribution is 2.22. The SMILES string of the molecule is C\C(=C/C=C/C=C/CC/C=C/C(C)C(O)C(C)C(O)/C=C/C=C/C=C/C=C/C=C/C=C\C(O)C(C)C(NCC(C)C)C(O)CC(O)/C=C/CC(O)CC(O)CC(O)/C=C/CC(O)CC(O)C(O)C(O)CC(O)CC(O)CCCN=C(N)N)C(=O)O. The molecule has 0 aliphatic carbocycles. The number of carboxylic acid groups (broad SMARTS) is 1. The summed E-state index contributed by atoms with van der Waals surface area (Å²) in [6.07, 6.45) is 24.9. The van der Waals surface area contributed by atoms with Gasteiger partial charge in [-0.2, -0.15) is 0 Å². The maximum absolute atomic E-state index is 11.3. The van der Waals surface area contributed by atoms with Gasteiger partial charge in [-0.3, -0.25) is 4.99 Å². The predicted molar refractivity (Wildman–Crippen MR) is 336 cm³/mol. The van der Waals surface area contributed by atoms with Crippen LogP contribution >= 0.6 is 0 Å². The van der Waals surface area contributed by atoms with E-state index in [2.05, 4.69) is 10.3 Å². The molecule has 0 heterocycles. The van der Waals surface area contributed by atoms with Crippen LogP contribution in [0.4, 0.5) is 0 Å². The fourth-order valence-corrected chi connectivity index (χ4v) is 8.66. The van der Waals surface area contributed by atoms with Crippen LogP contribution in [0.15, 0.2) is 150 Å². The van der Waals surface area contributed by atoms with E-state index in [-0.39, 0.29) is 74.7 Å². The fraction of sp³-hybridized carbons (Fsp3) is 0.600. The van der Waals surface area contributed by atoms with Gasteiger partial charge in [0.15, 0.2) is 5.96 Å². The number of hydrogen-bond donors (Lipinski definition) is 18. The molecule has 0 aliphatic rings. The van der Waals surface area contributed by atoms with Crippen molar-refractivity contribution in [3.63, 3.8) is 0 Å². The zero-order valence-electron chi connectivity index (χ0n) is 50.9. The van der Waals surface area contributed by atoms with Gasteiger partial charge >= 0.3 is 5.97 Å². The molecular formula is C65H108N4O16. The number of rotatable bonds is 47. The summed E-state index contributed by atoms with van der Waals surface area (Å²) in [5, 5.41) is 160. The number of guanidine groups is 1. The molecule has 0 aromatic carbocycles. The minimum absolute atomic E-state index is 0.0422. The molecule has 18 unspecified atom stereocenters. The molecule has 484 valence electrons. The first-order valence-corrected chi connectivity index (χ1v) is 29.7. The zero-order valence-corrected chi connectivity index (χ0v) is 50.9. The molecule has 0 saturated carbocycles. The van der Waals surface area contributed by atoms with Gasteiger partial charge < -0.3 is 93.4 Å². The van der Waals surface area contributed by atoms with Gasteiger partial charge in [0.05, 0.1) is 79.4 Å². The topological polar surface area (TPSA) is 397 Å². The van der Waals surface area contributed by atoms with Crippen LogP contribution in [0.1, 0.15) is 119 Å². The van der Waals surface area contributed by atoms with Crippen LogP contribution in [-0.2, 0) is 4.79 Å². The number of aliphatic hydroxyl groups is 14. The van der Waals surface area contributed by atoms with E-state index in [1.807, 2.05) is 69.4 Å². The van der Waals surface area contributed by atoms with E-state index in [1.54, 1.807) is 74.6 Å². The number of nitrogens with one attached hydrogen (secondary N) is 1. The summed E-state index contributed by atoms with van der Waals surface area (Å²) in [6.45, 7) is 11.9. The molecule has 0 spiro atoms. The summed E-state index contributed by atoms with van der Waals surface area (Å²) in [6, 6.07) is -0.582. The number of unbranched alkanes of at least 4 members (excludes halogenated alkanes) is 1. The molecule has 0 rings (SSSR count). The predicted octanol–water partition coefficient (Wildman–Crippen LogP) is 3.67. The van der Waals surface area contributed by atoms with Crippen molar-refractivity contribution in [1.82, 2.24) is 5.32 Å². The average Bonchev–Trinajstić information content (AvgIpc) is 3.61. The van der Waals surface area contributed by atoms with Crippen LogP contribution in [0.2, 0.25) is 0 Å². The van der Waals surface area contributed by atoms with Crippen molar-refractivity contribution in [2.24, 2.45) is 40.1 Å². The third-order valence-electron chi connectivity index (χ3n) is 13.9. The fourth-order valence-electron chi connectivity index (χ4n) is 8.66. The Hall–Kier alpha value is -4.98. The highest BCUT2D eigenvalue weighted by molar-refractivity contribution is 5.86. The van der Waals surface area contributed by atoms with Crippen LogP contribution in [0, 0.1) is 23.7 Å². The largest absolute Gasteiger partial charge is 0.478 e. The summed E-state index contributed by atoms with van der Waals surface area (Å²) < 4.78 is 0. The molecule has 0 aromatic heterocycles. The van der Waals surface area contributed by atoms with Gasteiger partial charge in [0.2, 0.25) is 0 Å². The lowest BCUT2D eigenvalue weighted by atomic mass is 9.88. The van der Waals surface area contributed by atoms with E-state index in [4.69, 9.17) is 16.6 Å². The normalized spacial score (nSPS) is 19.9. The number of aliphatic imine (C=N–C) groups is 1. The van der Waals surface area contributed by atoms with Crippen LogP contribution < -0.4 is 16.8 Å². The molecule has 20 heteroatoms. The Labute approximate surface area is 505 Å². The Morgan fingerprint density at radius 1 is 0.482 bits per heavy atom. The molecule has 0 fully saturated rings. The molecule has 20 N–H and O–H groups in total. The van der Waals surface area contributed by atoms with E-state index in [0.717, 1.165) is 12.8 Å². The van der Waals surface area contributed by atoms with E-state index in [0.29, 0.717) is 25.9 Å². The second-order valence-corrected chi connectivity index (χ2v) is 22.4. The Kier molecular flexibility index (Phi) is 45.3. The molecular weight excluding hydrogens is 1090 g/mol. The van der Waals surface area contributed by atoms with E-state index in [1.165, 1.54) is 37.3 Å². The van der Waals surface area contributed by atoms with Gasteiger partial charge in [0.25, 0.3) is 0 Å².